The molecule has 1 saturated heterocycles. The van der Waals surface area contributed by atoms with Crippen molar-refractivity contribution in [3.8, 4) is 0 Å². The van der Waals surface area contributed by atoms with Gasteiger partial charge in [0, 0.05) is 39.1 Å². The predicted molar refractivity (Wildman–Crippen MR) is 129 cm³/mol. The van der Waals surface area contributed by atoms with Crippen LogP contribution in [0.5, 0.6) is 0 Å². The van der Waals surface area contributed by atoms with Crippen LogP contribution < -0.4 is 5.32 Å². The van der Waals surface area contributed by atoms with Crippen LogP contribution in [-0.4, -0.2) is 84.9 Å². The fourth-order valence-corrected chi connectivity index (χ4v) is 4.83. The number of hydrogen-bond acceptors (Lipinski definition) is 6. The Labute approximate surface area is 198 Å². The van der Waals surface area contributed by atoms with Gasteiger partial charge in [-0.1, -0.05) is 36.4 Å². The van der Waals surface area contributed by atoms with E-state index in [0.29, 0.717) is 39.3 Å². The van der Waals surface area contributed by atoms with E-state index >= 15 is 0 Å². The van der Waals surface area contributed by atoms with E-state index in [1.807, 2.05) is 54.8 Å². The predicted octanol–water partition coefficient (Wildman–Crippen LogP) is 2.79. The van der Waals surface area contributed by atoms with E-state index in [-0.39, 0.29) is 24.5 Å². The number of carbonyl (C=O) groups is 2. The number of hydrazone groups is 1. The number of carbonyl (C=O) groups excluding carboxylic acids is 2. The van der Waals surface area contributed by atoms with Crippen LogP contribution in [0.1, 0.15) is 29.8 Å². The van der Waals surface area contributed by atoms with Gasteiger partial charge in [0.15, 0.2) is 0 Å². The molecule has 8 nitrogen and oxygen atoms in total. The summed E-state index contributed by atoms with van der Waals surface area (Å²) in [6.07, 6.45) is 0.658. The summed E-state index contributed by atoms with van der Waals surface area (Å²) >= 11 is 1.62. The lowest BCUT2D eigenvalue weighted by molar-refractivity contribution is -0.133. The maximum atomic E-state index is 13.5. The molecular formula is C24H31N5O3S. The number of nitrogens with zero attached hydrogens (tertiary/aromatic N) is 4. The van der Waals surface area contributed by atoms with Gasteiger partial charge in [-0.15, -0.1) is 11.3 Å². The van der Waals surface area contributed by atoms with Crippen molar-refractivity contribution in [2.75, 3.05) is 52.5 Å². The molecule has 1 atom stereocenters. The highest BCUT2D eigenvalue weighted by Gasteiger charge is 2.34. The van der Waals surface area contributed by atoms with Gasteiger partial charge in [-0.05, 0) is 23.9 Å². The number of urea groups is 1. The maximum Gasteiger partial charge on any atom is 0.317 e. The van der Waals surface area contributed by atoms with E-state index in [4.69, 9.17) is 9.84 Å². The maximum absolute atomic E-state index is 13.5. The van der Waals surface area contributed by atoms with E-state index in [1.54, 1.807) is 21.2 Å². The zero-order chi connectivity index (χ0) is 23.0. The number of amides is 3. The third-order valence-corrected chi connectivity index (χ3v) is 6.81. The van der Waals surface area contributed by atoms with Gasteiger partial charge in [-0.25, -0.2) is 9.80 Å². The molecule has 3 heterocycles. The summed E-state index contributed by atoms with van der Waals surface area (Å²) in [6.45, 7) is 6.64. The summed E-state index contributed by atoms with van der Waals surface area (Å²) in [7, 11) is 0. The second kappa shape index (κ2) is 11.4. The summed E-state index contributed by atoms with van der Waals surface area (Å²) in [5.41, 5.74) is 1.95. The minimum absolute atomic E-state index is 0.0132. The number of thiophene rings is 1. The molecule has 0 radical (unpaired) electrons. The monoisotopic (exact) mass is 469 g/mol. The van der Waals surface area contributed by atoms with Crippen LogP contribution in [0.25, 0.3) is 0 Å². The second-order valence-corrected chi connectivity index (χ2v) is 9.05. The Morgan fingerprint density at radius 1 is 1.18 bits per heavy atom. The van der Waals surface area contributed by atoms with Crippen molar-refractivity contribution in [1.29, 1.82) is 0 Å². The first-order valence-corrected chi connectivity index (χ1v) is 12.3. The molecule has 0 saturated carbocycles. The first-order chi connectivity index (χ1) is 16.2. The topological polar surface area (TPSA) is 77.5 Å². The Bertz CT molecular complexity index is 944. The molecule has 33 heavy (non-hydrogen) atoms. The fourth-order valence-electron chi connectivity index (χ4n) is 4.10. The Balaban J connectivity index is 1.50. The van der Waals surface area contributed by atoms with Crippen LogP contribution in [0.3, 0.4) is 0 Å². The van der Waals surface area contributed by atoms with Crippen LogP contribution >= 0.6 is 11.3 Å². The summed E-state index contributed by atoms with van der Waals surface area (Å²) in [5, 5.41) is 11.2. The van der Waals surface area contributed by atoms with Gasteiger partial charge in [0.2, 0.25) is 0 Å². The number of nitrogens with one attached hydrogen (secondary N) is 1. The highest BCUT2D eigenvalue weighted by atomic mass is 32.1. The summed E-state index contributed by atoms with van der Waals surface area (Å²) in [4.78, 5) is 31.1. The quantitative estimate of drug-likeness (QED) is 0.645. The fraction of sp³-hybridized carbons (Fsp3) is 0.458. The Morgan fingerprint density at radius 3 is 2.67 bits per heavy atom. The van der Waals surface area contributed by atoms with Gasteiger partial charge >= 0.3 is 6.03 Å². The zero-order valence-electron chi connectivity index (χ0n) is 19.0. The van der Waals surface area contributed by atoms with Gasteiger partial charge in [-0.3, -0.25) is 9.69 Å². The molecule has 9 heteroatoms. The summed E-state index contributed by atoms with van der Waals surface area (Å²) in [6, 6.07) is 13.6. The third kappa shape index (κ3) is 5.98. The first kappa shape index (κ1) is 23.4. The minimum atomic E-state index is -0.225. The highest BCUT2D eigenvalue weighted by molar-refractivity contribution is 7.12. The molecule has 0 aliphatic carbocycles. The molecule has 1 N–H and O–H groups in total. The van der Waals surface area contributed by atoms with Gasteiger partial charge in [-0.2, -0.15) is 5.10 Å². The molecule has 1 aromatic carbocycles. The van der Waals surface area contributed by atoms with Gasteiger partial charge < -0.3 is 15.0 Å². The number of morpholine rings is 1. The van der Waals surface area contributed by atoms with Crippen LogP contribution in [0.2, 0.25) is 0 Å². The number of hydrogen-bond donors (Lipinski definition) is 1. The number of ether oxygens (including phenoxy) is 1. The zero-order valence-corrected chi connectivity index (χ0v) is 19.8. The molecule has 176 valence electrons. The van der Waals surface area contributed by atoms with E-state index in [2.05, 4.69) is 10.2 Å². The van der Waals surface area contributed by atoms with Crippen molar-refractivity contribution >= 4 is 29.0 Å². The van der Waals surface area contributed by atoms with Gasteiger partial charge in [0.05, 0.1) is 29.8 Å². The van der Waals surface area contributed by atoms with E-state index in [1.165, 1.54) is 0 Å². The van der Waals surface area contributed by atoms with Crippen molar-refractivity contribution in [2.45, 2.75) is 19.4 Å². The standard InChI is InChI=1S/C24H31N5O3S/c1-2-25-24(31)28(11-10-27-12-14-32-15-13-27)18-23(30)29-21(19-7-4-3-5-8-19)17-20(26-29)22-9-6-16-33-22/h3-9,16,21H,2,10-15,17-18H2,1H3,(H,25,31)/t21-/m1/s1. The van der Waals surface area contributed by atoms with Crippen LogP contribution in [-0.2, 0) is 9.53 Å². The highest BCUT2D eigenvalue weighted by Crippen LogP contribution is 2.33. The van der Waals surface area contributed by atoms with Crippen molar-refractivity contribution < 1.29 is 14.3 Å². The van der Waals surface area contributed by atoms with Gasteiger partial charge in [0.1, 0.15) is 6.54 Å². The summed E-state index contributed by atoms with van der Waals surface area (Å²) < 4.78 is 5.41. The SMILES string of the molecule is CCNC(=O)N(CCN1CCOCC1)CC(=O)N1N=C(c2cccs2)C[C@@H]1c1ccccc1. The smallest absolute Gasteiger partial charge is 0.317 e. The molecule has 0 bridgehead atoms. The van der Waals surface area contributed by atoms with Crippen molar-refractivity contribution in [2.24, 2.45) is 5.10 Å². The molecule has 0 unspecified atom stereocenters. The first-order valence-electron chi connectivity index (χ1n) is 11.5. The normalized spacial score (nSPS) is 18.8. The molecule has 2 aromatic rings. The van der Waals surface area contributed by atoms with Crippen molar-refractivity contribution in [1.82, 2.24) is 20.1 Å². The van der Waals surface area contributed by atoms with E-state index < -0.39 is 0 Å². The third-order valence-electron chi connectivity index (χ3n) is 5.89. The van der Waals surface area contributed by atoms with E-state index in [0.717, 1.165) is 29.2 Å². The van der Waals surface area contributed by atoms with E-state index in [9.17, 15) is 9.59 Å². The molecule has 3 amide bonds. The molecule has 2 aliphatic heterocycles. The van der Waals surface area contributed by atoms with Crippen molar-refractivity contribution in [3.05, 3.63) is 58.3 Å². The lowest BCUT2D eigenvalue weighted by Crippen LogP contribution is -2.49. The average Bonchev–Trinajstić information content (AvgIpc) is 3.53. The Hall–Kier alpha value is -2.75. The average molecular weight is 470 g/mol. The van der Waals surface area contributed by atoms with Gasteiger partial charge in [0.25, 0.3) is 5.91 Å². The van der Waals surface area contributed by atoms with Crippen LogP contribution in [0.4, 0.5) is 4.79 Å². The number of rotatable bonds is 8. The number of benzene rings is 1. The second-order valence-electron chi connectivity index (χ2n) is 8.10. The van der Waals surface area contributed by atoms with Crippen LogP contribution in [0.15, 0.2) is 52.9 Å². The van der Waals surface area contributed by atoms with Crippen LogP contribution in [0, 0.1) is 0 Å². The molecule has 1 aromatic heterocycles. The van der Waals surface area contributed by atoms with Crippen molar-refractivity contribution in [3.63, 3.8) is 0 Å². The Kier molecular flexibility index (Phi) is 8.09. The molecular weight excluding hydrogens is 438 g/mol. The largest absolute Gasteiger partial charge is 0.379 e. The molecule has 2 aliphatic rings. The Morgan fingerprint density at radius 2 is 1.97 bits per heavy atom. The lowest BCUT2D eigenvalue weighted by atomic mass is 10.0. The minimum Gasteiger partial charge on any atom is -0.379 e. The molecule has 4 rings (SSSR count). The lowest BCUT2D eigenvalue weighted by Gasteiger charge is -2.31. The molecule has 1 fully saturated rings. The summed E-state index contributed by atoms with van der Waals surface area (Å²) in [5.74, 6) is -0.177. The molecule has 0 spiro atoms.